The van der Waals surface area contributed by atoms with Gasteiger partial charge in [0, 0.05) is 47.2 Å². The normalized spacial score (nSPS) is 13.6. The van der Waals surface area contributed by atoms with E-state index in [1.54, 1.807) is 18.4 Å². The molecule has 5 nitrogen and oxygen atoms in total. The van der Waals surface area contributed by atoms with Gasteiger partial charge in [-0.25, -0.2) is 4.99 Å². The Labute approximate surface area is 225 Å². The van der Waals surface area contributed by atoms with Crippen molar-refractivity contribution in [2.75, 3.05) is 30.4 Å². The van der Waals surface area contributed by atoms with Gasteiger partial charge in [-0.3, -0.25) is 4.79 Å². The lowest BCUT2D eigenvalue weighted by Crippen LogP contribution is -2.21. The van der Waals surface area contributed by atoms with E-state index >= 15 is 0 Å². The maximum atomic E-state index is 13.7. The fraction of sp³-hybridized carbons (Fsp3) is 0.419. The Morgan fingerprint density at radius 3 is 2.41 bits per heavy atom. The molecule has 0 atom stereocenters. The molecule has 0 fully saturated rings. The lowest BCUT2D eigenvalue weighted by atomic mass is 9.96. The van der Waals surface area contributed by atoms with Crippen LogP contribution in [0.1, 0.15) is 77.0 Å². The number of thiophene rings is 1. The van der Waals surface area contributed by atoms with E-state index in [-0.39, 0.29) is 5.91 Å². The van der Waals surface area contributed by atoms with Gasteiger partial charge in [0.25, 0.3) is 5.91 Å². The van der Waals surface area contributed by atoms with Gasteiger partial charge >= 0.3 is 0 Å². The molecule has 0 aliphatic heterocycles. The van der Waals surface area contributed by atoms with Gasteiger partial charge in [0.1, 0.15) is 10.8 Å². The van der Waals surface area contributed by atoms with Crippen molar-refractivity contribution in [2.24, 2.45) is 4.99 Å². The number of carbonyl (C=O) groups excluding carboxylic acids is 1. The monoisotopic (exact) mass is 517 g/mol. The summed E-state index contributed by atoms with van der Waals surface area (Å²) in [6.07, 6.45) is 8.52. The first kappa shape index (κ1) is 26.9. The van der Waals surface area contributed by atoms with Gasteiger partial charge in [-0.15, -0.1) is 11.3 Å². The van der Waals surface area contributed by atoms with Crippen LogP contribution in [0.5, 0.6) is 5.75 Å². The zero-order valence-corrected chi connectivity index (χ0v) is 23.6. The maximum absolute atomic E-state index is 13.7. The smallest absolute Gasteiger partial charge is 0.259 e. The standard InChI is InChI=1S/C31H39N3O2S/c1-6-34(7-2)25-15-14-23(27(19-25)36-5)20-32-31-29(26-12-10-8-9-11-13-28(26)37-31)30(35)33-24-17-21(3)16-22(4)18-24/h14-20H,6-13H2,1-5H3,(H,33,35). The molecular weight excluding hydrogens is 478 g/mol. The molecule has 1 aromatic heterocycles. The van der Waals surface area contributed by atoms with Gasteiger partial charge in [-0.05, 0) is 94.3 Å². The van der Waals surface area contributed by atoms with Crippen LogP contribution >= 0.6 is 11.3 Å². The topological polar surface area (TPSA) is 53.9 Å². The van der Waals surface area contributed by atoms with Crippen molar-refractivity contribution in [3.63, 3.8) is 0 Å². The SMILES string of the molecule is CCN(CC)c1ccc(C=Nc2sc3c(c2C(=O)Nc2cc(C)cc(C)c2)CCCCCC3)c(OC)c1. The largest absolute Gasteiger partial charge is 0.496 e. The summed E-state index contributed by atoms with van der Waals surface area (Å²) in [5, 5.41) is 3.95. The second-order valence-corrected chi connectivity index (χ2v) is 10.9. The van der Waals surface area contributed by atoms with E-state index in [0.29, 0.717) is 0 Å². The van der Waals surface area contributed by atoms with Crippen molar-refractivity contribution in [3.8, 4) is 5.75 Å². The molecule has 1 aliphatic carbocycles. The summed E-state index contributed by atoms with van der Waals surface area (Å²) in [7, 11) is 1.69. The molecule has 3 aromatic rings. The average Bonchev–Trinajstić information content (AvgIpc) is 3.19. The van der Waals surface area contributed by atoms with E-state index in [1.807, 2.05) is 18.3 Å². The van der Waals surface area contributed by atoms with E-state index < -0.39 is 0 Å². The number of rotatable bonds is 8. The number of carbonyl (C=O) groups is 1. The fourth-order valence-corrected chi connectivity index (χ4v) is 6.42. The van der Waals surface area contributed by atoms with E-state index in [9.17, 15) is 4.79 Å². The van der Waals surface area contributed by atoms with Crippen molar-refractivity contribution in [2.45, 2.75) is 66.2 Å². The second-order valence-electron chi connectivity index (χ2n) is 9.79. The van der Waals surface area contributed by atoms with Crippen LogP contribution in [0.25, 0.3) is 0 Å². The van der Waals surface area contributed by atoms with Crippen molar-refractivity contribution in [1.29, 1.82) is 0 Å². The molecule has 1 aliphatic rings. The van der Waals surface area contributed by atoms with Crippen LogP contribution in [0, 0.1) is 13.8 Å². The van der Waals surface area contributed by atoms with Crippen LogP contribution in [0.3, 0.4) is 0 Å². The van der Waals surface area contributed by atoms with E-state index in [4.69, 9.17) is 9.73 Å². The Bertz CT molecular complexity index is 1250. The summed E-state index contributed by atoms with van der Waals surface area (Å²) >= 11 is 1.67. The third-order valence-corrected chi connectivity index (χ3v) is 8.23. The van der Waals surface area contributed by atoms with Gasteiger partial charge in [0.15, 0.2) is 0 Å². The number of methoxy groups -OCH3 is 1. The molecule has 0 radical (unpaired) electrons. The summed E-state index contributed by atoms with van der Waals surface area (Å²) in [5.74, 6) is 0.711. The second kappa shape index (κ2) is 12.4. The average molecular weight is 518 g/mol. The third-order valence-electron chi connectivity index (χ3n) is 7.03. The number of hydrogen-bond donors (Lipinski definition) is 1. The molecule has 37 heavy (non-hydrogen) atoms. The van der Waals surface area contributed by atoms with Crippen molar-refractivity contribution < 1.29 is 9.53 Å². The van der Waals surface area contributed by atoms with E-state index in [1.165, 1.54) is 23.3 Å². The third kappa shape index (κ3) is 6.42. The minimum absolute atomic E-state index is 0.0703. The molecule has 0 saturated carbocycles. The summed E-state index contributed by atoms with van der Waals surface area (Å²) in [4.78, 5) is 22.2. The minimum Gasteiger partial charge on any atom is -0.496 e. The van der Waals surface area contributed by atoms with Crippen LogP contribution in [0.15, 0.2) is 41.4 Å². The van der Waals surface area contributed by atoms with E-state index in [0.717, 1.165) is 83.2 Å². The van der Waals surface area contributed by atoms with Crippen LogP contribution in [-0.2, 0) is 12.8 Å². The highest BCUT2D eigenvalue weighted by atomic mass is 32.1. The molecule has 0 spiro atoms. The first-order valence-corrected chi connectivity index (χ1v) is 14.3. The Kier molecular flexibility index (Phi) is 9.04. The molecule has 196 valence electrons. The molecule has 1 amide bonds. The highest BCUT2D eigenvalue weighted by molar-refractivity contribution is 7.16. The number of aryl methyl sites for hydroxylation is 3. The molecule has 1 heterocycles. The quantitative estimate of drug-likeness (QED) is 0.309. The van der Waals surface area contributed by atoms with Crippen molar-refractivity contribution in [1.82, 2.24) is 0 Å². The number of ether oxygens (including phenoxy) is 1. The van der Waals surface area contributed by atoms with Gasteiger partial charge in [-0.2, -0.15) is 0 Å². The lowest BCUT2D eigenvalue weighted by molar-refractivity contribution is 0.102. The number of hydrogen-bond acceptors (Lipinski definition) is 5. The van der Waals surface area contributed by atoms with Crippen molar-refractivity contribution >= 4 is 39.8 Å². The zero-order valence-electron chi connectivity index (χ0n) is 22.8. The number of anilines is 2. The number of nitrogens with one attached hydrogen (secondary N) is 1. The van der Waals surface area contributed by atoms with Crippen LogP contribution in [-0.4, -0.2) is 32.3 Å². The Balaban J connectivity index is 1.71. The minimum atomic E-state index is -0.0703. The molecule has 1 N–H and O–H groups in total. The summed E-state index contributed by atoms with van der Waals surface area (Å²) < 4.78 is 5.71. The van der Waals surface area contributed by atoms with Gasteiger partial charge in [-0.1, -0.05) is 18.9 Å². The van der Waals surface area contributed by atoms with E-state index in [2.05, 4.69) is 62.2 Å². The molecule has 4 rings (SSSR count). The number of benzene rings is 2. The molecular formula is C31H39N3O2S. The van der Waals surface area contributed by atoms with Gasteiger partial charge in [0.05, 0.1) is 12.7 Å². The van der Waals surface area contributed by atoms with Crippen LogP contribution in [0.2, 0.25) is 0 Å². The van der Waals surface area contributed by atoms with Gasteiger partial charge in [0.2, 0.25) is 0 Å². The Hall–Kier alpha value is -3.12. The first-order valence-electron chi connectivity index (χ1n) is 13.4. The maximum Gasteiger partial charge on any atom is 0.259 e. The number of aliphatic imine (C=N–C) groups is 1. The highest BCUT2D eigenvalue weighted by Crippen LogP contribution is 2.39. The number of amides is 1. The molecule has 2 aromatic carbocycles. The molecule has 0 saturated heterocycles. The predicted octanol–water partition coefficient (Wildman–Crippen LogP) is 7.88. The summed E-state index contributed by atoms with van der Waals surface area (Å²) in [6.45, 7) is 10.3. The number of nitrogens with zero attached hydrogens (tertiary/aromatic N) is 2. The molecule has 0 unspecified atom stereocenters. The summed E-state index contributed by atoms with van der Waals surface area (Å²) in [6, 6.07) is 12.4. The Morgan fingerprint density at radius 1 is 1.03 bits per heavy atom. The zero-order chi connectivity index (χ0) is 26.4. The first-order chi connectivity index (χ1) is 17.9. The number of fused-ring (bicyclic) bond motifs is 1. The Morgan fingerprint density at radius 2 is 1.73 bits per heavy atom. The predicted molar refractivity (Wildman–Crippen MR) is 158 cm³/mol. The van der Waals surface area contributed by atoms with Crippen LogP contribution in [0.4, 0.5) is 16.4 Å². The summed E-state index contributed by atoms with van der Waals surface area (Å²) in [5.41, 5.74) is 7.05. The molecule has 6 heteroatoms. The fourth-order valence-electron chi connectivity index (χ4n) is 5.19. The van der Waals surface area contributed by atoms with Gasteiger partial charge < -0.3 is 15.0 Å². The van der Waals surface area contributed by atoms with Crippen LogP contribution < -0.4 is 15.0 Å². The molecule has 0 bridgehead atoms. The lowest BCUT2D eigenvalue weighted by Gasteiger charge is -2.22. The van der Waals surface area contributed by atoms with Crippen molar-refractivity contribution in [3.05, 3.63) is 69.1 Å². The highest BCUT2D eigenvalue weighted by Gasteiger charge is 2.24.